The minimum absolute atomic E-state index is 0.797. The fourth-order valence-electron chi connectivity index (χ4n) is 2.72. The predicted molar refractivity (Wildman–Crippen MR) is 111 cm³/mol. The van der Waals surface area contributed by atoms with Gasteiger partial charge in [-0.15, -0.1) is 32.9 Å². The zero-order chi connectivity index (χ0) is 17.9. The van der Waals surface area contributed by atoms with Crippen molar-refractivity contribution in [1.82, 2.24) is 19.7 Å². The molecule has 4 aromatic rings. The number of benzene rings is 1. The van der Waals surface area contributed by atoms with Crippen molar-refractivity contribution in [3.05, 3.63) is 58.4 Å². The zero-order valence-corrected chi connectivity index (χ0v) is 17.0. The second-order valence-electron chi connectivity index (χ2n) is 5.78. The van der Waals surface area contributed by atoms with Gasteiger partial charge >= 0.3 is 0 Å². The van der Waals surface area contributed by atoms with E-state index in [0.717, 1.165) is 38.9 Å². The van der Waals surface area contributed by atoms with Crippen LogP contribution < -0.4 is 0 Å². The van der Waals surface area contributed by atoms with Gasteiger partial charge < -0.3 is 4.57 Å². The molecule has 4 nitrogen and oxygen atoms in total. The zero-order valence-electron chi connectivity index (χ0n) is 14.5. The third-order valence-electron chi connectivity index (χ3n) is 4.05. The van der Waals surface area contributed by atoms with E-state index >= 15 is 0 Å². The number of thiazole rings is 1. The van der Waals surface area contributed by atoms with Crippen LogP contribution in [0.4, 0.5) is 0 Å². The van der Waals surface area contributed by atoms with Gasteiger partial charge in [0.05, 0.1) is 10.6 Å². The molecule has 0 N–H and O–H groups in total. The molecular weight excluding hydrogens is 380 g/mol. The van der Waals surface area contributed by atoms with Gasteiger partial charge in [-0.2, -0.15) is 0 Å². The molecule has 4 rings (SSSR count). The van der Waals surface area contributed by atoms with Crippen LogP contribution in [-0.2, 0) is 12.3 Å². The molecule has 0 saturated heterocycles. The van der Waals surface area contributed by atoms with E-state index in [4.69, 9.17) is 4.98 Å². The van der Waals surface area contributed by atoms with Gasteiger partial charge in [-0.3, -0.25) is 0 Å². The van der Waals surface area contributed by atoms with Gasteiger partial charge in [0.1, 0.15) is 5.01 Å². The molecule has 0 unspecified atom stereocenters. The lowest BCUT2D eigenvalue weighted by atomic mass is 10.1. The lowest BCUT2D eigenvalue weighted by Crippen LogP contribution is -1.99. The summed E-state index contributed by atoms with van der Waals surface area (Å²) < 4.78 is 2.17. The number of hydrogen-bond donors (Lipinski definition) is 0. The minimum atomic E-state index is 0.797. The number of aryl methyl sites for hydroxylation is 1. The molecule has 0 fully saturated rings. The van der Waals surface area contributed by atoms with E-state index in [9.17, 15) is 0 Å². The van der Waals surface area contributed by atoms with Crippen molar-refractivity contribution in [2.24, 2.45) is 0 Å². The Kier molecular flexibility index (Phi) is 5.19. The third-order valence-corrected chi connectivity index (χ3v) is 6.84. The van der Waals surface area contributed by atoms with Gasteiger partial charge in [0.25, 0.3) is 0 Å². The smallest absolute Gasteiger partial charge is 0.191 e. The first-order valence-corrected chi connectivity index (χ1v) is 11.1. The van der Waals surface area contributed by atoms with Crippen molar-refractivity contribution >= 4 is 34.4 Å². The molecule has 0 saturated carbocycles. The average Bonchev–Trinajstić information content (AvgIpc) is 3.39. The van der Waals surface area contributed by atoms with Crippen molar-refractivity contribution in [3.63, 3.8) is 0 Å². The summed E-state index contributed by atoms with van der Waals surface area (Å²) in [5, 5.41) is 15.0. The van der Waals surface area contributed by atoms with Crippen LogP contribution >= 0.6 is 34.4 Å². The average molecular weight is 399 g/mol. The Labute approximate surface area is 165 Å². The summed E-state index contributed by atoms with van der Waals surface area (Å²) >= 11 is 5.09. The summed E-state index contributed by atoms with van der Waals surface area (Å²) in [6.07, 6.45) is 0. The van der Waals surface area contributed by atoms with E-state index in [-0.39, 0.29) is 0 Å². The van der Waals surface area contributed by atoms with Crippen molar-refractivity contribution < 1.29 is 0 Å². The Balaban J connectivity index is 1.51. The summed E-state index contributed by atoms with van der Waals surface area (Å²) in [7, 11) is 0. The van der Waals surface area contributed by atoms with Crippen molar-refractivity contribution in [2.45, 2.75) is 31.3 Å². The summed E-state index contributed by atoms with van der Waals surface area (Å²) in [4.78, 5) is 5.97. The highest BCUT2D eigenvalue weighted by atomic mass is 32.2. The number of hydrogen-bond acceptors (Lipinski definition) is 6. The maximum Gasteiger partial charge on any atom is 0.191 e. The Morgan fingerprint density at radius 2 is 1.96 bits per heavy atom. The van der Waals surface area contributed by atoms with Crippen LogP contribution in [-0.4, -0.2) is 19.7 Å². The van der Waals surface area contributed by atoms with E-state index in [1.165, 1.54) is 11.1 Å². The highest BCUT2D eigenvalue weighted by Gasteiger charge is 2.15. The fraction of sp³-hybridized carbons (Fsp3) is 0.211. The summed E-state index contributed by atoms with van der Waals surface area (Å²) in [5.74, 6) is 1.74. The number of aromatic nitrogens is 4. The maximum absolute atomic E-state index is 4.81. The Bertz CT molecular complexity index is 1000. The van der Waals surface area contributed by atoms with E-state index in [2.05, 4.69) is 69.7 Å². The summed E-state index contributed by atoms with van der Waals surface area (Å²) in [5.41, 5.74) is 3.56. The highest BCUT2D eigenvalue weighted by molar-refractivity contribution is 7.98. The van der Waals surface area contributed by atoms with Crippen LogP contribution in [0.3, 0.4) is 0 Å². The Hall–Kier alpha value is -1.96. The largest absolute Gasteiger partial charge is 0.302 e. The van der Waals surface area contributed by atoms with Gasteiger partial charge in [0, 0.05) is 23.2 Å². The second kappa shape index (κ2) is 7.73. The standard InChI is InChI=1S/C19H18N4S3/c1-3-23-17(16-9-6-10-24-16)21-22-19(23)26-12-14-11-25-18(20-14)15-8-5-4-7-13(15)2/h4-11H,3,12H2,1-2H3. The monoisotopic (exact) mass is 398 g/mol. The van der Waals surface area contributed by atoms with Gasteiger partial charge in [0.15, 0.2) is 11.0 Å². The minimum Gasteiger partial charge on any atom is -0.302 e. The second-order valence-corrected chi connectivity index (χ2v) is 8.52. The number of nitrogens with zero attached hydrogens (tertiary/aromatic N) is 4. The van der Waals surface area contributed by atoms with Gasteiger partial charge in [-0.1, -0.05) is 42.1 Å². The fourth-order valence-corrected chi connectivity index (χ4v) is 5.34. The molecule has 132 valence electrons. The quantitative estimate of drug-likeness (QED) is 0.388. The van der Waals surface area contributed by atoms with E-state index in [1.807, 2.05) is 6.07 Å². The first-order chi connectivity index (χ1) is 12.8. The van der Waals surface area contributed by atoms with Crippen LogP contribution in [0.1, 0.15) is 18.2 Å². The van der Waals surface area contributed by atoms with Crippen molar-refractivity contribution in [2.75, 3.05) is 0 Å². The van der Waals surface area contributed by atoms with Gasteiger partial charge in [-0.05, 0) is 30.9 Å². The SMILES string of the molecule is CCn1c(SCc2csc(-c3ccccc3C)n2)nnc1-c1cccs1. The molecule has 0 bridgehead atoms. The first kappa shape index (κ1) is 17.5. The van der Waals surface area contributed by atoms with E-state index < -0.39 is 0 Å². The van der Waals surface area contributed by atoms with Crippen LogP contribution in [0.25, 0.3) is 21.3 Å². The molecule has 3 aromatic heterocycles. The number of thioether (sulfide) groups is 1. The number of thiophene rings is 1. The molecule has 7 heteroatoms. The third kappa shape index (κ3) is 3.47. The summed E-state index contributed by atoms with van der Waals surface area (Å²) in [6.45, 7) is 5.11. The molecule has 0 spiro atoms. The molecule has 0 amide bonds. The van der Waals surface area contributed by atoms with Crippen LogP contribution in [0.2, 0.25) is 0 Å². The van der Waals surface area contributed by atoms with Crippen molar-refractivity contribution in [1.29, 1.82) is 0 Å². The van der Waals surface area contributed by atoms with Gasteiger partial charge in [0.2, 0.25) is 0 Å². The molecule has 0 aliphatic rings. The lowest BCUT2D eigenvalue weighted by molar-refractivity contribution is 0.688. The van der Waals surface area contributed by atoms with Crippen LogP contribution in [0.5, 0.6) is 0 Å². The molecule has 3 heterocycles. The Morgan fingerprint density at radius 3 is 2.73 bits per heavy atom. The normalized spacial score (nSPS) is 11.2. The number of rotatable bonds is 6. The van der Waals surface area contributed by atoms with Crippen LogP contribution in [0.15, 0.2) is 52.3 Å². The van der Waals surface area contributed by atoms with E-state index in [1.54, 1.807) is 34.4 Å². The predicted octanol–water partition coefficient (Wildman–Crippen LogP) is 5.75. The highest BCUT2D eigenvalue weighted by Crippen LogP contribution is 2.31. The van der Waals surface area contributed by atoms with Crippen LogP contribution in [0, 0.1) is 6.92 Å². The molecular formula is C19H18N4S3. The molecule has 26 heavy (non-hydrogen) atoms. The topological polar surface area (TPSA) is 43.6 Å². The molecule has 0 aliphatic heterocycles. The van der Waals surface area contributed by atoms with E-state index in [0.29, 0.717) is 0 Å². The summed E-state index contributed by atoms with van der Waals surface area (Å²) in [6, 6.07) is 12.5. The lowest BCUT2D eigenvalue weighted by Gasteiger charge is -2.05. The first-order valence-electron chi connectivity index (χ1n) is 8.36. The maximum atomic E-state index is 4.81. The molecule has 0 aliphatic carbocycles. The molecule has 0 atom stereocenters. The van der Waals surface area contributed by atoms with Gasteiger partial charge in [-0.25, -0.2) is 4.98 Å². The molecule has 1 aromatic carbocycles. The Morgan fingerprint density at radius 1 is 1.08 bits per heavy atom. The van der Waals surface area contributed by atoms with Crippen molar-refractivity contribution in [3.8, 4) is 21.3 Å². The molecule has 0 radical (unpaired) electrons.